The topological polar surface area (TPSA) is 76.4 Å². The van der Waals surface area contributed by atoms with Crippen LogP contribution in [0.1, 0.15) is 19.8 Å². The maximum absolute atomic E-state index is 11.9. The third-order valence-corrected chi connectivity index (χ3v) is 3.34. The SMILES string of the molecule is CN(CC(=O)NC(C)(C#N)C1CC1)CC(=O)N(C)C. The Labute approximate surface area is 114 Å². The summed E-state index contributed by atoms with van der Waals surface area (Å²) < 4.78 is 0. The van der Waals surface area contributed by atoms with Gasteiger partial charge in [0.2, 0.25) is 11.8 Å². The third kappa shape index (κ3) is 4.52. The molecule has 0 aromatic carbocycles. The first-order chi connectivity index (χ1) is 8.78. The second-order valence-electron chi connectivity index (χ2n) is 5.60. The van der Waals surface area contributed by atoms with Gasteiger partial charge in [-0.3, -0.25) is 14.5 Å². The van der Waals surface area contributed by atoms with Gasteiger partial charge in [0, 0.05) is 14.1 Å². The maximum Gasteiger partial charge on any atom is 0.236 e. The van der Waals surface area contributed by atoms with E-state index in [2.05, 4.69) is 11.4 Å². The van der Waals surface area contributed by atoms with Gasteiger partial charge in [-0.05, 0) is 32.7 Å². The number of carbonyl (C=O) groups is 2. The predicted molar refractivity (Wildman–Crippen MR) is 71.1 cm³/mol. The maximum atomic E-state index is 11.9. The molecule has 6 nitrogen and oxygen atoms in total. The molecule has 0 aromatic heterocycles. The fourth-order valence-electron chi connectivity index (χ4n) is 1.88. The Morgan fingerprint density at radius 1 is 1.32 bits per heavy atom. The summed E-state index contributed by atoms with van der Waals surface area (Å²) in [6.45, 7) is 2.06. The molecule has 0 aromatic rings. The van der Waals surface area contributed by atoms with Crippen molar-refractivity contribution < 1.29 is 9.59 Å². The highest BCUT2D eigenvalue weighted by atomic mass is 16.2. The summed E-state index contributed by atoms with van der Waals surface area (Å²) >= 11 is 0. The van der Waals surface area contributed by atoms with Gasteiger partial charge in [-0.15, -0.1) is 0 Å². The number of rotatable bonds is 6. The van der Waals surface area contributed by atoms with Gasteiger partial charge in [0.1, 0.15) is 5.54 Å². The molecule has 1 fully saturated rings. The first-order valence-corrected chi connectivity index (χ1v) is 6.39. The lowest BCUT2D eigenvalue weighted by Gasteiger charge is -2.25. The number of hydrogen-bond acceptors (Lipinski definition) is 4. The Balaban J connectivity index is 2.42. The third-order valence-electron chi connectivity index (χ3n) is 3.34. The summed E-state index contributed by atoms with van der Waals surface area (Å²) in [4.78, 5) is 26.5. The van der Waals surface area contributed by atoms with Crippen molar-refractivity contribution in [3.63, 3.8) is 0 Å². The van der Waals surface area contributed by atoms with Crippen molar-refractivity contribution in [3.8, 4) is 6.07 Å². The fourth-order valence-corrected chi connectivity index (χ4v) is 1.88. The molecular formula is C13H22N4O2. The molecule has 1 N–H and O–H groups in total. The Bertz CT molecular complexity index is 398. The van der Waals surface area contributed by atoms with Gasteiger partial charge >= 0.3 is 0 Å². The normalized spacial score (nSPS) is 17.5. The van der Waals surface area contributed by atoms with Gasteiger partial charge in [-0.2, -0.15) is 5.26 Å². The van der Waals surface area contributed by atoms with E-state index in [9.17, 15) is 9.59 Å². The molecule has 2 amide bonds. The largest absolute Gasteiger partial charge is 0.348 e. The van der Waals surface area contributed by atoms with Gasteiger partial charge in [-0.1, -0.05) is 0 Å². The zero-order valence-corrected chi connectivity index (χ0v) is 12.1. The van der Waals surface area contributed by atoms with Crippen molar-refractivity contribution in [1.29, 1.82) is 5.26 Å². The minimum absolute atomic E-state index is 0.0551. The molecule has 0 saturated heterocycles. The lowest BCUT2D eigenvalue weighted by atomic mass is 9.98. The first kappa shape index (κ1) is 15.4. The van der Waals surface area contributed by atoms with Crippen LogP contribution in [0.3, 0.4) is 0 Å². The van der Waals surface area contributed by atoms with E-state index in [-0.39, 0.29) is 30.8 Å². The summed E-state index contributed by atoms with van der Waals surface area (Å²) in [5, 5.41) is 11.9. The summed E-state index contributed by atoms with van der Waals surface area (Å²) in [5.41, 5.74) is -0.774. The minimum Gasteiger partial charge on any atom is -0.348 e. The van der Waals surface area contributed by atoms with E-state index in [1.165, 1.54) is 4.90 Å². The van der Waals surface area contributed by atoms with E-state index >= 15 is 0 Å². The standard InChI is InChI=1S/C13H22N4O2/c1-13(9-14,10-5-6-10)15-11(18)7-17(4)8-12(19)16(2)3/h10H,5-8H2,1-4H3,(H,15,18). The fraction of sp³-hybridized carbons (Fsp3) is 0.769. The second kappa shape index (κ2) is 6.02. The van der Waals surface area contributed by atoms with Gasteiger partial charge in [0.25, 0.3) is 0 Å². The smallest absolute Gasteiger partial charge is 0.236 e. The molecule has 0 aliphatic heterocycles. The van der Waals surface area contributed by atoms with Crippen molar-refractivity contribution in [2.24, 2.45) is 5.92 Å². The molecule has 1 rings (SSSR count). The van der Waals surface area contributed by atoms with E-state index < -0.39 is 5.54 Å². The molecule has 1 saturated carbocycles. The Morgan fingerprint density at radius 2 is 1.89 bits per heavy atom. The molecule has 6 heteroatoms. The van der Waals surface area contributed by atoms with Crippen molar-refractivity contribution in [3.05, 3.63) is 0 Å². The van der Waals surface area contributed by atoms with Crippen molar-refractivity contribution >= 4 is 11.8 Å². The van der Waals surface area contributed by atoms with Crippen LogP contribution < -0.4 is 5.32 Å². The van der Waals surface area contributed by atoms with Crippen LogP contribution in [0.15, 0.2) is 0 Å². The lowest BCUT2D eigenvalue weighted by Crippen LogP contribution is -2.50. The molecule has 106 valence electrons. The molecule has 0 radical (unpaired) electrons. The van der Waals surface area contributed by atoms with Crippen LogP contribution in [0.25, 0.3) is 0 Å². The van der Waals surface area contributed by atoms with Crippen molar-refractivity contribution in [1.82, 2.24) is 15.1 Å². The monoisotopic (exact) mass is 266 g/mol. The summed E-state index contributed by atoms with van der Waals surface area (Å²) in [7, 11) is 5.06. The Kier molecular flexibility index (Phi) is 4.90. The molecule has 1 unspecified atom stereocenters. The quantitative estimate of drug-likeness (QED) is 0.723. The number of likely N-dealkylation sites (N-methyl/N-ethyl adjacent to an activating group) is 2. The van der Waals surface area contributed by atoms with E-state index in [1.54, 1.807) is 33.0 Å². The van der Waals surface area contributed by atoms with Gasteiger partial charge in [-0.25, -0.2) is 0 Å². The van der Waals surface area contributed by atoms with Crippen molar-refractivity contribution in [2.45, 2.75) is 25.3 Å². The summed E-state index contributed by atoms with van der Waals surface area (Å²) in [5.74, 6) is -0.0132. The van der Waals surface area contributed by atoms with Crippen LogP contribution >= 0.6 is 0 Å². The van der Waals surface area contributed by atoms with E-state index in [0.717, 1.165) is 12.8 Å². The zero-order valence-electron chi connectivity index (χ0n) is 12.1. The highest BCUT2D eigenvalue weighted by molar-refractivity contribution is 5.81. The average Bonchev–Trinajstić information content (AvgIpc) is 3.11. The molecular weight excluding hydrogens is 244 g/mol. The van der Waals surface area contributed by atoms with Crippen LogP contribution in [0.4, 0.5) is 0 Å². The number of hydrogen-bond donors (Lipinski definition) is 1. The number of nitrogens with one attached hydrogen (secondary N) is 1. The average molecular weight is 266 g/mol. The van der Waals surface area contributed by atoms with Crippen LogP contribution in [-0.4, -0.2) is 61.4 Å². The second-order valence-corrected chi connectivity index (χ2v) is 5.60. The predicted octanol–water partition coefficient (Wildman–Crippen LogP) is -0.185. The summed E-state index contributed by atoms with van der Waals surface area (Å²) in [6, 6.07) is 2.18. The molecule has 1 atom stereocenters. The van der Waals surface area contributed by atoms with Crippen LogP contribution in [0.2, 0.25) is 0 Å². The van der Waals surface area contributed by atoms with E-state index in [0.29, 0.717) is 0 Å². The summed E-state index contributed by atoms with van der Waals surface area (Å²) in [6.07, 6.45) is 1.97. The number of carbonyl (C=O) groups excluding carboxylic acids is 2. The molecule has 1 aliphatic carbocycles. The Hall–Kier alpha value is -1.61. The molecule has 0 heterocycles. The van der Waals surface area contributed by atoms with Crippen LogP contribution in [0, 0.1) is 17.2 Å². The van der Waals surface area contributed by atoms with E-state index in [1.807, 2.05) is 0 Å². The van der Waals surface area contributed by atoms with Crippen molar-refractivity contribution in [2.75, 3.05) is 34.2 Å². The number of nitrogens with zero attached hydrogens (tertiary/aromatic N) is 3. The van der Waals surface area contributed by atoms with Gasteiger partial charge in [0.05, 0.1) is 19.2 Å². The van der Waals surface area contributed by atoms with E-state index in [4.69, 9.17) is 5.26 Å². The highest BCUT2D eigenvalue weighted by Gasteiger charge is 2.43. The molecule has 0 bridgehead atoms. The Morgan fingerprint density at radius 3 is 2.32 bits per heavy atom. The number of nitriles is 1. The highest BCUT2D eigenvalue weighted by Crippen LogP contribution is 2.39. The van der Waals surface area contributed by atoms with Crippen LogP contribution in [-0.2, 0) is 9.59 Å². The molecule has 19 heavy (non-hydrogen) atoms. The first-order valence-electron chi connectivity index (χ1n) is 6.39. The molecule has 0 spiro atoms. The molecule has 1 aliphatic rings. The van der Waals surface area contributed by atoms with Gasteiger partial charge in [0.15, 0.2) is 0 Å². The van der Waals surface area contributed by atoms with Gasteiger partial charge < -0.3 is 10.2 Å². The lowest BCUT2D eigenvalue weighted by molar-refractivity contribution is -0.130. The van der Waals surface area contributed by atoms with Crippen LogP contribution in [0.5, 0.6) is 0 Å². The number of amides is 2. The zero-order chi connectivity index (χ0) is 14.6. The minimum atomic E-state index is -0.774.